The molecule has 6 nitrogen and oxygen atoms in total. The van der Waals surface area contributed by atoms with Crippen molar-refractivity contribution >= 4 is 40.0 Å². The fraction of sp³-hybridized carbons (Fsp3) is 0.308. The van der Waals surface area contributed by atoms with Crippen LogP contribution in [0.2, 0.25) is 0 Å². The van der Waals surface area contributed by atoms with Crippen molar-refractivity contribution in [3.63, 3.8) is 0 Å². The number of fused-ring (bicyclic) bond motifs is 1. The third-order valence-electron chi connectivity index (χ3n) is 2.56. The molecule has 106 valence electrons. The molecule has 0 saturated heterocycles. The van der Waals surface area contributed by atoms with E-state index in [2.05, 4.69) is 27.7 Å². The first-order valence-electron chi connectivity index (χ1n) is 6.11. The van der Waals surface area contributed by atoms with Gasteiger partial charge in [0.2, 0.25) is 0 Å². The predicted molar refractivity (Wildman–Crippen MR) is 79.8 cm³/mol. The van der Waals surface area contributed by atoms with Crippen LogP contribution in [-0.2, 0) is 9.47 Å². The fourth-order valence-corrected chi connectivity index (χ4v) is 2.36. The maximum absolute atomic E-state index is 12.1. The first-order chi connectivity index (χ1) is 9.60. The summed E-state index contributed by atoms with van der Waals surface area (Å²) in [5, 5.41) is 4.17. The second kappa shape index (κ2) is 6.21. The van der Waals surface area contributed by atoms with E-state index in [-0.39, 0.29) is 24.5 Å². The van der Waals surface area contributed by atoms with Crippen LogP contribution in [0.4, 0.5) is 0 Å². The number of nitrogens with zero attached hydrogens (tertiary/aromatic N) is 2. The molecule has 2 rings (SSSR count). The highest BCUT2D eigenvalue weighted by atomic mass is 127. The molecule has 0 atom stereocenters. The third-order valence-corrected chi connectivity index (χ3v) is 3.38. The van der Waals surface area contributed by atoms with Gasteiger partial charge in [0.15, 0.2) is 5.69 Å². The van der Waals surface area contributed by atoms with E-state index < -0.39 is 11.9 Å². The summed E-state index contributed by atoms with van der Waals surface area (Å²) in [6.07, 6.45) is 0. The summed E-state index contributed by atoms with van der Waals surface area (Å²) in [5.41, 5.74) is 0.650. The van der Waals surface area contributed by atoms with Crippen molar-refractivity contribution < 1.29 is 19.1 Å². The Bertz CT molecular complexity index is 666. The molecule has 0 fully saturated rings. The Morgan fingerprint density at radius 1 is 1.20 bits per heavy atom. The zero-order valence-corrected chi connectivity index (χ0v) is 13.2. The number of pyridine rings is 1. The van der Waals surface area contributed by atoms with E-state index in [0.717, 1.165) is 3.70 Å². The second-order valence-corrected chi connectivity index (χ2v) is 4.92. The lowest BCUT2D eigenvalue weighted by atomic mass is 10.2. The molecule has 0 radical (unpaired) electrons. The molecule has 0 unspecified atom stereocenters. The maximum atomic E-state index is 12.1. The van der Waals surface area contributed by atoms with E-state index >= 15 is 0 Å². The smallest absolute Gasteiger partial charge is 0.359 e. The number of carbonyl (C=O) groups is 2. The minimum atomic E-state index is -0.630. The van der Waals surface area contributed by atoms with E-state index in [1.807, 2.05) is 6.07 Å². The molecule has 0 aromatic carbocycles. The zero-order chi connectivity index (χ0) is 14.7. The normalized spacial score (nSPS) is 10.6. The Hall–Kier alpha value is -1.64. The quantitative estimate of drug-likeness (QED) is 0.457. The lowest BCUT2D eigenvalue weighted by Crippen LogP contribution is -2.13. The van der Waals surface area contributed by atoms with E-state index in [4.69, 9.17) is 9.47 Å². The molecule has 2 aromatic rings. The summed E-state index contributed by atoms with van der Waals surface area (Å²) in [5.74, 6) is -1.21. The van der Waals surface area contributed by atoms with Crippen molar-refractivity contribution in [3.05, 3.63) is 33.2 Å². The van der Waals surface area contributed by atoms with Crippen molar-refractivity contribution in [2.24, 2.45) is 0 Å². The predicted octanol–water partition coefficient (Wildman–Crippen LogP) is 2.29. The molecule has 0 spiro atoms. The van der Waals surface area contributed by atoms with E-state index in [1.54, 1.807) is 26.0 Å². The van der Waals surface area contributed by atoms with Gasteiger partial charge in [-0.15, -0.1) is 0 Å². The van der Waals surface area contributed by atoms with Gasteiger partial charge in [0, 0.05) is 0 Å². The van der Waals surface area contributed by atoms with Crippen LogP contribution in [0.5, 0.6) is 0 Å². The molecule has 2 aromatic heterocycles. The molecule has 20 heavy (non-hydrogen) atoms. The van der Waals surface area contributed by atoms with Crippen LogP contribution in [0.1, 0.15) is 34.7 Å². The highest BCUT2D eigenvalue weighted by Crippen LogP contribution is 2.20. The lowest BCUT2D eigenvalue weighted by Gasteiger charge is -2.02. The summed E-state index contributed by atoms with van der Waals surface area (Å²) in [4.78, 5) is 24.0. The van der Waals surface area contributed by atoms with Gasteiger partial charge in [-0.2, -0.15) is 5.10 Å². The minimum absolute atomic E-state index is 0.0191. The lowest BCUT2D eigenvalue weighted by molar-refractivity contribution is 0.0476. The first kappa shape index (κ1) is 14.8. The molecular formula is C13H13IN2O4. The molecular weight excluding hydrogens is 375 g/mol. The average Bonchev–Trinajstić information content (AvgIpc) is 2.80. The van der Waals surface area contributed by atoms with Gasteiger partial charge in [-0.3, -0.25) is 0 Å². The van der Waals surface area contributed by atoms with Crippen LogP contribution in [0.3, 0.4) is 0 Å². The molecule has 2 heterocycles. The Kier molecular flexibility index (Phi) is 4.58. The number of aromatic nitrogens is 2. The molecule has 0 aliphatic heterocycles. The monoisotopic (exact) mass is 388 g/mol. The number of esters is 2. The Balaban J connectivity index is 2.66. The molecule has 0 N–H and O–H groups in total. The van der Waals surface area contributed by atoms with Crippen molar-refractivity contribution in [1.29, 1.82) is 0 Å². The third kappa shape index (κ3) is 2.62. The Labute approximate surface area is 129 Å². The number of halogens is 1. The summed E-state index contributed by atoms with van der Waals surface area (Å²) < 4.78 is 12.2. The molecule has 0 bridgehead atoms. The van der Waals surface area contributed by atoms with Crippen molar-refractivity contribution in [2.45, 2.75) is 13.8 Å². The van der Waals surface area contributed by atoms with E-state index in [9.17, 15) is 9.59 Å². The summed E-state index contributed by atoms with van der Waals surface area (Å²) in [6, 6.07) is 5.32. The van der Waals surface area contributed by atoms with Crippen LogP contribution in [0.25, 0.3) is 5.52 Å². The van der Waals surface area contributed by atoms with E-state index in [0.29, 0.717) is 5.52 Å². The number of hydrogen-bond acceptors (Lipinski definition) is 5. The summed E-state index contributed by atoms with van der Waals surface area (Å²) in [6.45, 7) is 3.84. The van der Waals surface area contributed by atoms with Gasteiger partial charge in [-0.1, -0.05) is 6.07 Å². The van der Waals surface area contributed by atoms with Gasteiger partial charge in [0.1, 0.15) is 9.26 Å². The summed E-state index contributed by atoms with van der Waals surface area (Å²) >= 11 is 2.07. The van der Waals surface area contributed by atoms with Crippen LogP contribution >= 0.6 is 22.6 Å². The van der Waals surface area contributed by atoms with Crippen molar-refractivity contribution in [2.75, 3.05) is 13.2 Å². The number of carbonyl (C=O) groups excluding carboxylic acids is 2. The fourth-order valence-electron chi connectivity index (χ4n) is 1.78. The number of ether oxygens (including phenoxy) is 2. The van der Waals surface area contributed by atoms with Crippen molar-refractivity contribution in [3.8, 4) is 0 Å². The molecule has 0 aliphatic rings. The molecule has 0 saturated carbocycles. The van der Waals surface area contributed by atoms with Gasteiger partial charge < -0.3 is 9.47 Å². The highest BCUT2D eigenvalue weighted by molar-refractivity contribution is 14.1. The Morgan fingerprint density at radius 2 is 1.85 bits per heavy atom. The van der Waals surface area contributed by atoms with Gasteiger partial charge in [0.25, 0.3) is 0 Å². The Morgan fingerprint density at radius 3 is 2.50 bits per heavy atom. The van der Waals surface area contributed by atoms with Gasteiger partial charge >= 0.3 is 11.9 Å². The van der Waals surface area contributed by atoms with Gasteiger partial charge in [-0.05, 0) is 48.6 Å². The van der Waals surface area contributed by atoms with Crippen LogP contribution in [-0.4, -0.2) is 34.8 Å². The van der Waals surface area contributed by atoms with Gasteiger partial charge in [0.05, 0.1) is 18.7 Å². The maximum Gasteiger partial charge on any atom is 0.359 e. The standard InChI is InChI=1S/C13H13IN2O4/c1-3-19-12(17)10-8-6-5-7-9(14)16(8)15-11(10)13(18)20-4-2/h5-7H,3-4H2,1-2H3. The van der Waals surface area contributed by atoms with Crippen LogP contribution in [0.15, 0.2) is 18.2 Å². The van der Waals surface area contributed by atoms with Gasteiger partial charge in [-0.25, -0.2) is 14.1 Å². The highest BCUT2D eigenvalue weighted by Gasteiger charge is 2.27. The minimum Gasteiger partial charge on any atom is -0.462 e. The molecule has 0 aliphatic carbocycles. The zero-order valence-electron chi connectivity index (χ0n) is 11.1. The van der Waals surface area contributed by atoms with Crippen molar-refractivity contribution in [1.82, 2.24) is 9.61 Å². The van der Waals surface area contributed by atoms with Crippen LogP contribution < -0.4 is 0 Å². The first-order valence-corrected chi connectivity index (χ1v) is 7.19. The van der Waals surface area contributed by atoms with Crippen LogP contribution in [0, 0.1) is 3.70 Å². The average molecular weight is 388 g/mol. The number of hydrogen-bond donors (Lipinski definition) is 0. The SMILES string of the molecule is CCOC(=O)c1nn2c(I)cccc2c1C(=O)OCC. The second-order valence-electron chi connectivity index (χ2n) is 3.81. The molecule has 0 amide bonds. The number of rotatable bonds is 4. The topological polar surface area (TPSA) is 69.9 Å². The van der Waals surface area contributed by atoms with E-state index in [1.165, 1.54) is 4.52 Å². The largest absolute Gasteiger partial charge is 0.462 e. The summed E-state index contributed by atoms with van der Waals surface area (Å²) in [7, 11) is 0. The molecule has 7 heteroatoms.